The van der Waals surface area contributed by atoms with Gasteiger partial charge in [0.05, 0.1) is 31.1 Å². The zero-order valence-electron chi connectivity index (χ0n) is 14.5. The lowest BCUT2D eigenvalue weighted by atomic mass is 9.97. The Bertz CT molecular complexity index is 733. The van der Waals surface area contributed by atoms with Crippen molar-refractivity contribution in [2.75, 3.05) is 13.7 Å². The summed E-state index contributed by atoms with van der Waals surface area (Å²) in [6, 6.07) is 6.72. The number of nitrogens with zero attached hydrogens (tertiary/aromatic N) is 1. The molecule has 1 aromatic carbocycles. The first kappa shape index (κ1) is 16.1. The Labute approximate surface area is 138 Å². The molecule has 23 heavy (non-hydrogen) atoms. The van der Waals surface area contributed by atoms with Crippen molar-refractivity contribution in [3.8, 4) is 0 Å². The molecule has 2 unspecified atom stereocenters. The molecule has 124 valence electrons. The number of nitrogens with one attached hydrogen (secondary N) is 1. The third-order valence-electron chi connectivity index (χ3n) is 4.62. The maximum atomic E-state index is 5.75. The molecule has 1 aliphatic rings. The molecule has 1 N–H and O–H groups in total. The zero-order valence-corrected chi connectivity index (χ0v) is 14.5. The van der Waals surface area contributed by atoms with Crippen LogP contribution in [0.1, 0.15) is 36.7 Å². The van der Waals surface area contributed by atoms with Crippen LogP contribution in [0.2, 0.25) is 0 Å². The molecule has 0 aliphatic carbocycles. The lowest BCUT2D eigenvalue weighted by Crippen LogP contribution is -2.31. The summed E-state index contributed by atoms with van der Waals surface area (Å²) in [4.78, 5) is 0. The molecular weight excluding hydrogens is 288 g/mol. The topological polar surface area (TPSA) is 35.4 Å². The normalized spacial score (nSPS) is 16.9. The van der Waals surface area contributed by atoms with Crippen LogP contribution in [-0.2, 0) is 22.6 Å². The van der Waals surface area contributed by atoms with E-state index in [1.54, 1.807) is 7.11 Å². The Kier molecular flexibility index (Phi) is 4.46. The van der Waals surface area contributed by atoms with Gasteiger partial charge in [-0.1, -0.05) is 18.2 Å². The number of fused-ring (bicyclic) bond motifs is 3. The summed E-state index contributed by atoms with van der Waals surface area (Å²) in [6.45, 7) is 12.6. The van der Waals surface area contributed by atoms with Gasteiger partial charge in [-0.25, -0.2) is 0 Å². The van der Waals surface area contributed by atoms with Crippen LogP contribution in [0.15, 0.2) is 30.5 Å². The number of aromatic nitrogens is 1. The number of aryl methyl sites for hydroxylation is 1. The fraction of sp³-hybridized carbons (Fsp3) is 0.474. The van der Waals surface area contributed by atoms with Crippen molar-refractivity contribution in [2.45, 2.75) is 46.1 Å². The van der Waals surface area contributed by atoms with Crippen LogP contribution in [0.25, 0.3) is 10.9 Å². The van der Waals surface area contributed by atoms with Crippen molar-refractivity contribution in [3.63, 3.8) is 0 Å². The summed E-state index contributed by atoms with van der Waals surface area (Å²) in [6.07, 6.45) is 0.0319. The largest absolute Gasteiger partial charge is 0.380 e. The van der Waals surface area contributed by atoms with E-state index in [0.717, 1.165) is 18.8 Å². The highest BCUT2D eigenvalue weighted by atomic mass is 16.5. The number of hydrogen-bond donors (Lipinski definition) is 1. The first-order valence-electron chi connectivity index (χ1n) is 8.17. The van der Waals surface area contributed by atoms with Gasteiger partial charge in [-0.2, -0.15) is 0 Å². The molecular formula is C19H26N2O2. The van der Waals surface area contributed by atoms with E-state index >= 15 is 0 Å². The van der Waals surface area contributed by atoms with Gasteiger partial charge in [0.1, 0.15) is 0 Å². The summed E-state index contributed by atoms with van der Waals surface area (Å²) in [7, 11) is 1.75. The van der Waals surface area contributed by atoms with E-state index < -0.39 is 0 Å². The smallest absolute Gasteiger partial charge is 0.0872 e. The Morgan fingerprint density at radius 3 is 2.91 bits per heavy atom. The Morgan fingerprint density at radius 2 is 2.22 bits per heavy atom. The minimum absolute atomic E-state index is 0.0319. The molecule has 0 fully saturated rings. The fourth-order valence-corrected chi connectivity index (χ4v) is 3.46. The maximum absolute atomic E-state index is 5.75. The van der Waals surface area contributed by atoms with Gasteiger partial charge in [0.15, 0.2) is 0 Å². The van der Waals surface area contributed by atoms with E-state index in [4.69, 9.17) is 9.47 Å². The van der Waals surface area contributed by atoms with Crippen LogP contribution < -0.4 is 5.32 Å². The highest BCUT2D eigenvalue weighted by Gasteiger charge is 2.29. The summed E-state index contributed by atoms with van der Waals surface area (Å²) >= 11 is 0. The Morgan fingerprint density at radius 1 is 1.43 bits per heavy atom. The second kappa shape index (κ2) is 6.38. The van der Waals surface area contributed by atoms with Crippen LogP contribution in [0.3, 0.4) is 0 Å². The fourth-order valence-electron chi connectivity index (χ4n) is 3.46. The molecule has 0 radical (unpaired) electrons. The standard InChI is InChI=1S/C19H26N2O2/c1-12(2)20-19(14(4)22-5)18-15-10-13(3)6-7-16(15)21-8-9-23-11-17(18)21/h6-7,10,14,19-20H,1,8-9,11H2,2-5H3. The van der Waals surface area contributed by atoms with Gasteiger partial charge >= 0.3 is 0 Å². The third kappa shape index (κ3) is 2.89. The molecule has 2 aromatic rings. The molecule has 0 spiro atoms. The van der Waals surface area contributed by atoms with E-state index in [1.807, 2.05) is 6.92 Å². The number of allylic oxidation sites excluding steroid dienone is 1. The molecule has 1 aromatic heterocycles. The van der Waals surface area contributed by atoms with E-state index in [1.165, 1.54) is 27.7 Å². The van der Waals surface area contributed by atoms with Crippen LogP contribution in [0.4, 0.5) is 0 Å². The van der Waals surface area contributed by atoms with Crippen LogP contribution in [0, 0.1) is 6.92 Å². The number of hydrogen-bond acceptors (Lipinski definition) is 3. The molecule has 0 saturated heterocycles. The molecule has 4 nitrogen and oxygen atoms in total. The van der Waals surface area contributed by atoms with Crippen molar-refractivity contribution < 1.29 is 9.47 Å². The average Bonchev–Trinajstić information content (AvgIpc) is 2.85. The SMILES string of the molecule is C=C(C)NC(c1c2n(c3ccc(C)cc13)CCOC2)C(C)OC. The van der Waals surface area contributed by atoms with Crippen molar-refractivity contribution in [1.82, 2.24) is 9.88 Å². The van der Waals surface area contributed by atoms with E-state index in [0.29, 0.717) is 6.61 Å². The van der Waals surface area contributed by atoms with Gasteiger partial charge in [-0.05, 0) is 32.9 Å². The summed E-state index contributed by atoms with van der Waals surface area (Å²) in [5.74, 6) is 0. The van der Waals surface area contributed by atoms with Crippen molar-refractivity contribution in [2.24, 2.45) is 0 Å². The van der Waals surface area contributed by atoms with E-state index in [2.05, 4.69) is 48.5 Å². The summed E-state index contributed by atoms with van der Waals surface area (Å²) < 4.78 is 13.8. The lowest BCUT2D eigenvalue weighted by Gasteiger charge is -2.28. The molecule has 4 heteroatoms. The maximum Gasteiger partial charge on any atom is 0.0872 e. The first-order chi connectivity index (χ1) is 11.0. The highest BCUT2D eigenvalue weighted by Crippen LogP contribution is 2.36. The molecule has 2 heterocycles. The van der Waals surface area contributed by atoms with Crippen molar-refractivity contribution in [3.05, 3.63) is 47.3 Å². The minimum atomic E-state index is 0.0319. The number of rotatable bonds is 5. The number of ether oxygens (including phenoxy) is 2. The molecule has 2 atom stereocenters. The second-order valence-corrected chi connectivity index (χ2v) is 6.43. The molecule has 0 bridgehead atoms. The van der Waals surface area contributed by atoms with Gasteiger partial charge in [0, 0.05) is 35.8 Å². The average molecular weight is 314 g/mol. The van der Waals surface area contributed by atoms with E-state index in [9.17, 15) is 0 Å². The van der Waals surface area contributed by atoms with Crippen LogP contribution >= 0.6 is 0 Å². The van der Waals surface area contributed by atoms with Gasteiger partial charge < -0.3 is 19.4 Å². The Balaban J connectivity index is 2.24. The summed E-state index contributed by atoms with van der Waals surface area (Å²) in [5.41, 5.74) is 6.01. The predicted octanol–water partition coefficient (Wildman–Crippen LogP) is 3.68. The lowest BCUT2D eigenvalue weighted by molar-refractivity contribution is 0.0748. The van der Waals surface area contributed by atoms with Gasteiger partial charge in [0.25, 0.3) is 0 Å². The summed E-state index contributed by atoms with van der Waals surface area (Å²) in [5, 5.41) is 4.79. The molecule has 1 aliphatic heterocycles. The van der Waals surface area contributed by atoms with Crippen molar-refractivity contribution in [1.29, 1.82) is 0 Å². The van der Waals surface area contributed by atoms with Crippen molar-refractivity contribution >= 4 is 10.9 Å². The third-order valence-corrected chi connectivity index (χ3v) is 4.62. The number of benzene rings is 1. The molecule has 0 amide bonds. The highest BCUT2D eigenvalue weighted by molar-refractivity contribution is 5.87. The van der Waals surface area contributed by atoms with Gasteiger partial charge in [-0.15, -0.1) is 0 Å². The second-order valence-electron chi connectivity index (χ2n) is 6.43. The Hall–Kier alpha value is -1.78. The van der Waals surface area contributed by atoms with Gasteiger partial charge in [-0.3, -0.25) is 0 Å². The van der Waals surface area contributed by atoms with Gasteiger partial charge in [0.2, 0.25) is 0 Å². The minimum Gasteiger partial charge on any atom is -0.380 e. The number of methoxy groups -OCH3 is 1. The zero-order chi connectivity index (χ0) is 16.6. The van der Waals surface area contributed by atoms with Crippen LogP contribution in [-0.4, -0.2) is 24.4 Å². The monoisotopic (exact) mass is 314 g/mol. The quantitative estimate of drug-likeness (QED) is 0.914. The van der Waals surface area contributed by atoms with E-state index in [-0.39, 0.29) is 12.1 Å². The molecule has 0 saturated carbocycles. The first-order valence-corrected chi connectivity index (χ1v) is 8.17. The van der Waals surface area contributed by atoms with Crippen LogP contribution in [0.5, 0.6) is 0 Å². The predicted molar refractivity (Wildman–Crippen MR) is 93.5 cm³/mol. The molecule has 3 rings (SSSR count).